The van der Waals surface area contributed by atoms with Gasteiger partial charge < -0.3 is 10.1 Å². The van der Waals surface area contributed by atoms with Gasteiger partial charge in [0.15, 0.2) is 0 Å². The fourth-order valence-electron chi connectivity index (χ4n) is 3.04. The molecule has 0 bridgehead atoms. The van der Waals surface area contributed by atoms with Gasteiger partial charge in [-0.3, -0.25) is 0 Å². The summed E-state index contributed by atoms with van der Waals surface area (Å²) in [5, 5.41) is 3.19. The minimum atomic E-state index is -4.43. The van der Waals surface area contributed by atoms with E-state index < -0.39 is 17.7 Å². The quantitative estimate of drug-likeness (QED) is 0.812. The van der Waals surface area contributed by atoms with Crippen LogP contribution in [-0.4, -0.2) is 11.1 Å². The topological polar surface area (TPSA) is 34.1 Å². The first kappa shape index (κ1) is 17.3. The van der Waals surface area contributed by atoms with E-state index in [1.165, 1.54) is 12.1 Å². The Labute approximate surface area is 144 Å². The first-order chi connectivity index (χ1) is 11.8. The number of anilines is 1. The van der Waals surface area contributed by atoms with Gasteiger partial charge in [-0.1, -0.05) is 24.3 Å². The molecule has 1 aromatic heterocycles. The van der Waals surface area contributed by atoms with Crippen LogP contribution in [0.2, 0.25) is 0 Å². The summed E-state index contributed by atoms with van der Waals surface area (Å²) in [6.07, 6.45) is -1.19. The Hall–Kier alpha value is -2.50. The Kier molecular flexibility index (Phi) is 4.45. The lowest BCUT2D eigenvalue weighted by Crippen LogP contribution is -2.19. The molecule has 1 unspecified atom stereocenters. The minimum Gasteiger partial charge on any atom is -0.475 e. The molecule has 3 rings (SSSR count). The highest BCUT2D eigenvalue weighted by atomic mass is 19.4. The number of benzene rings is 1. The Morgan fingerprint density at radius 2 is 1.88 bits per heavy atom. The van der Waals surface area contributed by atoms with Crippen molar-refractivity contribution < 1.29 is 17.9 Å². The molecule has 1 aliphatic heterocycles. The molecule has 132 valence electrons. The second-order valence-electron chi connectivity index (χ2n) is 6.28. The zero-order valence-corrected chi connectivity index (χ0v) is 14.2. The van der Waals surface area contributed by atoms with Crippen LogP contribution in [0.4, 0.5) is 18.9 Å². The number of nitrogens with one attached hydrogen (secondary N) is 1. The molecule has 1 aromatic carbocycles. The number of allylic oxidation sites excluding steroid dienone is 2. The van der Waals surface area contributed by atoms with Crippen molar-refractivity contribution in [3.63, 3.8) is 0 Å². The lowest BCUT2D eigenvalue weighted by molar-refractivity contribution is -0.138. The molecular formula is C19H19F3N2O. The van der Waals surface area contributed by atoms with Gasteiger partial charge in [0, 0.05) is 29.1 Å². The van der Waals surface area contributed by atoms with Gasteiger partial charge in [0.25, 0.3) is 0 Å². The number of hydrogen-bond acceptors (Lipinski definition) is 3. The molecule has 0 saturated heterocycles. The number of alkyl halides is 3. The van der Waals surface area contributed by atoms with Crippen LogP contribution >= 0.6 is 0 Å². The number of ether oxygens (including phenoxy) is 1. The van der Waals surface area contributed by atoms with Gasteiger partial charge in [-0.25, -0.2) is 4.98 Å². The molecule has 0 aliphatic carbocycles. The largest absolute Gasteiger partial charge is 0.475 e. The van der Waals surface area contributed by atoms with Crippen molar-refractivity contribution in [2.75, 3.05) is 5.32 Å². The molecule has 0 radical (unpaired) electrons. The summed E-state index contributed by atoms with van der Waals surface area (Å²) >= 11 is 0. The molecule has 0 saturated carbocycles. The summed E-state index contributed by atoms with van der Waals surface area (Å²) in [6.45, 7) is 5.55. The van der Waals surface area contributed by atoms with Gasteiger partial charge in [0.1, 0.15) is 0 Å². The predicted molar refractivity (Wildman–Crippen MR) is 90.7 cm³/mol. The van der Waals surface area contributed by atoms with E-state index in [0.29, 0.717) is 17.1 Å². The van der Waals surface area contributed by atoms with E-state index in [0.717, 1.165) is 11.8 Å². The average molecular weight is 348 g/mol. The Bertz CT molecular complexity index is 813. The van der Waals surface area contributed by atoms with Gasteiger partial charge in [0.2, 0.25) is 5.88 Å². The van der Waals surface area contributed by atoms with Crippen molar-refractivity contribution in [2.45, 2.75) is 39.0 Å². The fraction of sp³-hybridized carbons (Fsp3) is 0.316. The number of halogens is 3. The van der Waals surface area contributed by atoms with E-state index in [1.54, 1.807) is 24.4 Å². The molecule has 2 heterocycles. The third-order valence-electron chi connectivity index (χ3n) is 3.96. The van der Waals surface area contributed by atoms with E-state index >= 15 is 0 Å². The van der Waals surface area contributed by atoms with Gasteiger partial charge in [-0.15, -0.1) is 0 Å². The van der Waals surface area contributed by atoms with E-state index in [4.69, 9.17) is 4.74 Å². The summed E-state index contributed by atoms with van der Waals surface area (Å²) in [6, 6.07) is 7.40. The average Bonchev–Trinajstić information content (AvgIpc) is 2.52. The first-order valence-electron chi connectivity index (χ1n) is 8.04. The number of fused-ring (bicyclic) bond motifs is 1. The maximum atomic E-state index is 13.5. The van der Waals surface area contributed by atoms with Crippen LogP contribution in [0, 0.1) is 0 Å². The molecule has 0 amide bonds. The third kappa shape index (κ3) is 3.48. The van der Waals surface area contributed by atoms with Gasteiger partial charge >= 0.3 is 6.18 Å². The normalized spacial score (nSPS) is 16.9. The second-order valence-corrected chi connectivity index (χ2v) is 6.28. The summed E-state index contributed by atoms with van der Waals surface area (Å²) in [7, 11) is 0. The highest BCUT2D eigenvalue weighted by Gasteiger charge is 2.37. The molecule has 1 atom stereocenters. The van der Waals surface area contributed by atoms with Crippen molar-refractivity contribution >= 4 is 5.69 Å². The third-order valence-corrected chi connectivity index (χ3v) is 3.96. The summed E-state index contributed by atoms with van der Waals surface area (Å²) in [5.41, 5.74) is 1.68. The van der Waals surface area contributed by atoms with Gasteiger partial charge in [0.05, 0.1) is 11.7 Å². The van der Waals surface area contributed by atoms with Crippen molar-refractivity contribution in [3.8, 4) is 5.88 Å². The van der Waals surface area contributed by atoms with E-state index in [-0.39, 0.29) is 11.7 Å². The lowest BCUT2D eigenvalue weighted by atomic mass is 9.85. The summed E-state index contributed by atoms with van der Waals surface area (Å²) in [5.74, 6) is -0.234. The molecule has 3 nitrogen and oxygen atoms in total. The molecular weight excluding hydrogens is 329 g/mol. The molecule has 0 spiro atoms. The zero-order chi connectivity index (χ0) is 18.2. The maximum absolute atomic E-state index is 13.5. The first-order valence-corrected chi connectivity index (χ1v) is 8.04. The Balaban J connectivity index is 2.21. The molecule has 1 N–H and O–H groups in total. The number of aromatic nitrogens is 1. The standard InChI is InChI=1S/C19H19F3N2O/c1-11(2)25-18-17-14(10-12(3)24-16(17)8-9-23-18)13-6-4-5-7-15(13)19(20,21)22/h4-11,14,24H,1-3H3. The smallest absolute Gasteiger partial charge is 0.416 e. The molecule has 6 heteroatoms. The zero-order valence-electron chi connectivity index (χ0n) is 14.2. The van der Waals surface area contributed by atoms with Crippen LogP contribution in [0.5, 0.6) is 5.88 Å². The molecule has 2 aromatic rings. The summed E-state index contributed by atoms with van der Waals surface area (Å²) < 4.78 is 46.3. The van der Waals surface area contributed by atoms with Crippen LogP contribution in [0.15, 0.2) is 48.3 Å². The maximum Gasteiger partial charge on any atom is 0.416 e. The fourth-order valence-corrected chi connectivity index (χ4v) is 3.04. The van der Waals surface area contributed by atoms with Crippen LogP contribution < -0.4 is 10.1 Å². The van der Waals surface area contributed by atoms with Crippen LogP contribution in [-0.2, 0) is 6.18 Å². The van der Waals surface area contributed by atoms with Crippen molar-refractivity contribution in [1.29, 1.82) is 0 Å². The Morgan fingerprint density at radius 1 is 1.16 bits per heavy atom. The van der Waals surface area contributed by atoms with Crippen LogP contribution in [0.25, 0.3) is 0 Å². The Morgan fingerprint density at radius 3 is 2.56 bits per heavy atom. The highest BCUT2D eigenvalue weighted by Crippen LogP contribution is 2.45. The van der Waals surface area contributed by atoms with Crippen molar-refractivity contribution in [1.82, 2.24) is 4.98 Å². The highest BCUT2D eigenvalue weighted by molar-refractivity contribution is 5.66. The molecule has 1 aliphatic rings. The number of nitrogens with zero attached hydrogens (tertiary/aromatic N) is 1. The van der Waals surface area contributed by atoms with E-state index in [9.17, 15) is 13.2 Å². The predicted octanol–water partition coefficient (Wildman–Crippen LogP) is 5.35. The van der Waals surface area contributed by atoms with E-state index in [2.05, 4.69) is 10.3 Å². The van der Waals surface area contributed by atoms with Gasteiger partial charge in [-0.05, 0) is 38.5 Å². The monoisotopic (exact) mass is 348 g/mol. The second kappa shape index (κ2) is 6.43. The summed E-state index contributed by atoms with van der Waals surface area (Å²) in [4.78, 5) is 4.25. The van der Waals surface area contributed by atoms with E-state index in [1.807, 2.05) is 20.8 Å². The minimum absolute atomic E-state index is 0.135. The van der Waals surface area contributed by atoms with Crippen LogP contribution in [0.1, 0.15) is 43.4 Å². The number of rotatable bonds is 3. The van der Waals surface area contributed by atoms with Crippen molar-refractivity contribution in [2.24, 2.45) is 0 Å². The lowest BCUT2D eigenvalue weighted by Gasteiger charge is -2.28. The molecule has 25 heavy (non-hydrogen) atoms. The van der Waals surface area contributed by atoms with Gasteiger partial charge in [-0.2, -0.15) is 13.2 Å². The SMILES string of the molecule is CC1=CC(c2ccccc2C(F)(F)F)c2c(ccnc2OC(C)C)N1. The number of pyridine rings is 1. The number of hydrogen-bond donors (Lipinski definition) is 1. The van der Waals surface area contributed by atoms with Crippen molar-refractivity contribution in [3.05, 3.63) is 65.0 Å². The molecule has 0 fully saturated rings. The van der Waals surface area contributed by atoms with Crippen LogP contribution in [0.3, 0.4) is 0 Å².